The second-order valence-corrected chi connectivity index (χ2v) is 7.04. The average molecular weight is 389 g/mol. The minimum atomic E-state index is 0.0524. The van der Waals surface area contributed by atoms with Crippen molar-refractivity contribution in [2.75, 3.05) is 19.1 Å². The molecule has 4 rings (SSSR count). The summed E-state index contributed by atoms with van der Waals surface area (Å²) in [6, 6.07) is 15.1. The van der Waals surface area contributed by atoms with Crippen molar-refractivity contribution in [3.05, 3.63) is 60.3 Å². The van der Waals surface area contributed by atoms with Gasteiger partial charge in [-0.05, 0) is 67.8 Å². The zero-order chi connectivity index (χ0) is 20.4. The summed E-state index contributed by atoms with van der Waals surface area (Å²) in [5.41, 5.74) is 3.29. The second kappa shape index (κ2) is 7.91. The highest BCUT2D eigenvalue weighted by molar-refractivity contribution is 6.02. The first kappa shape index (κ1) is 18.9. The van der Waals surface area contributed by atoms with Gasteiger partial charge in [-0.25, -0.2) is 9.97 Å². The highest BCUT2D eigenvalue weighted by Gasteiger charge is 2.35. The predicted molar refractivity (Wildman–Crippen MR) is 112 cm³/mol. The Morgan fingerprint density at radius 3 is 2.45 bits per heavy atom. The quantitative estimate of drug-likeness (QED) is 0.619. The number of pyridine rings is 2. The maximum atomic E-state index is 13.1. The van der Waals surface area contributed by atoms with Crippen LogP contribution in [-0.4, -0.2) is 30.1 Å². The van der Waals surface area contributed by atoms with Crippen LogP contribution in [0.25, 0.3) is 11.3 Å². The Bertz CT molecular complexity index is 1030. The molecule has 1 amide bonds. The monoisotopic (exact) mass is 389 g/mol. The van der Waals surface area contributed by atoms with Gasteiger partial charge >= 0.3 is 0 Å². The standard InChI is InChI=1S/C23H23N3O3/c1-15-6-13-20(25-21(15)19-5-4-14-24-22(19)29-3)26(23(27)16-7-8-16)17-9-11-18(28-2)12-10-17/h4-6,9-14,16H,7-8H2,1-3H3. The lowest BCUT2D eigenvalue weighted by Gasteiger charge is -2.23. The van der Waals surface area contributed by atoms with Crippen LogP contribution in [0.2, 0.25) is 0 Å². The molecule has 1 saturated carbocycles. The van der Waals surface area contributed by atoms with E-state index in [9.17, 15) is 4.79 Å². The molecule has 1 aliphatic carbocycles. The van der Waals surface area contributed by atoms with E-state index in [0.717, 1.165) is 41.1 Å². The Hall–Kier alpha value is -3.41. The van der Waals surface area contributed by atoms with Crippen LogP contribution < -0.4 is 14.4 Å². The fourth-order valence-electron chi connectivity index (χ4n) is 3.27. The van der Waals surface area contributed by atoms with Gasteiger partial charge in [0, 0.05) is 12.1 Å². The summed E-state index contributed by atoms with van der Waals surface area (Å²) in [5, 5.41) is 0. The number of aryl methyl sites for hydroxylation is 1. The van der Waals surface area contributed by atoms with E-state index in [4.69, 9.17) is 14.5 Å². The van der Waals surface area contributed by atoms with Crippen LogP contribution in [-0.2, 0) is 4.79 Å². The topological polar surface area (TPSA) is 64.5 Å². The van der Waals surface area contributed by atoms with E-state index in [1.54, 1.807) is 25.3 Å². The van der Waals surface area contributed by atoms with Crippen LogP contribution >= 0.6 is 0 Å². The molecule has 0 unspecified atom stereocenters. The smallest absolute Gasteiger partial charge is 0.235 e. The van der Waals surface area contributed by atoms with E-state index < -0.39 is 0 Å². The maximum Gasteiger partial charge on any atom is 0.235 e. The summed E-state index contributed by atoms with van der Waals surface area (Å²) in [7, 11) is 3.21. The van der Waals surface area contributed by atoms with E-state index in [1.165, 1.54) is 0 Å². The van der Waals surface area contributed by atoms with Crippen molar-refractivity contribution in [2.24, 2.45) is 5.92 Å². The number of carbonyl (C=O) groups is 1. The number of ether oxygens (including phenoxy) is 2. The van der Waals surface area contributed by atoms with Crippen LogP contribution in [0.1, 0.15) is 18.4 Å². The second-order valence-electron chi connectivity index (χ2n) is 7.04. The first-order valence-electron chi connectivity index (χ1n) is 9.57. The molecule has 0 bridgehead atoms. The van der Waals surface area contributed by atoms with Crippen LogP contribution in [0.5, 0.6) is 11.6 Å². The van der Waals surface area contributed by atoms with Crippen LogP contribution in [0.15, 0.2) is 54.7 Å². The molecule has 6 nitrogen and oxygen atoms in total. The van der Waals surface area contributed by atoms with Crippen molar-refractivity contribution in [3.8, 4) is 22.9 Å². The minimum absolute atomic E-state index is 0.0524. The number of aromatic nitrogens is 2. The summed E-state index contributed by atoms with van der Waals surface area (Å²) >= 11 is 0. The molecule has 0 saturated heterocycles. The number of amides is 1. The lowest BCUT2D eigenvalue weighted by Crippen LogP contribution is -2.28. The van der Waals surface area contributed by atoms with Gasteiger partial charge in [-0.3, -0.25) is 9.69 Å². The average Bonchev–Trinajstić information content (AvgIpc) is 3.61. The van der Waals surface area contributed by atoms with Crippen molar-refractivity contribution in [3.63, 3.8) is 0 Å². The maximum absolute atomic E-state index is 13.1. The summed E-state index contributed by atoms with van der Waals surface area (Å²) in [5.74, 6) is 1.95. The number of methoxy groups -OCH3 is 2. The first-order valence-corrected chi connectivity index (χ1v) is 9.57. The zero-order valence-electron chi connectivity index (χ0n) is 16.8. The molecule has 0 N–H and O–H groups in total. The Morgan fingerprint density at radius 2 is 1.79 bits per heavy atom. The zero-order valence-corrected chi connectivity index (χ0v) is 16.8. The third-order valence-electron chi connectivity index (χ3n) is 5.01. The Kier molecular flexibility index (Phi) is 5.16. The van der Waals surface area contributed by atoms with Crippen LogP contribution in [0.4, 0.5) is 11.5 Å². The Labute approximate surface area is 170 Å². The van der Waals surface area contributed by atoms with Gasteiger partial charge in [0.15, 0.2) is 0 Å². The lowest BCUT2D eigenvalue weighted by atomic mass is 10.1. The molecule has 0 aliphatic heterocycles. The van der Waals surface area contributed by atoms with Gasteiger partial charge in [-0.1, -0.05) is 6.07 Å². The molecule has 2 aromatic heterocycles. The van der Waals surface area contributed by atoms with Gasteiger partial charge in [0.1, 0.15) is 11.6 Å². The van der Waals surface area contributed by atoms with E-state index in [2.05, 4.69) is 4.98 Å². The SMILES string of the molecule is COc1ccc(N(C(=O)C2CC2)c2ccc(C)c(-c3cccnc3OC)n2)cc1. The summed E-state index contributed by atoms with van der Waals surface area (Å²) in [6.45, 7) is 1.99. The number of anilines is 2. The van der Waals surface area contributed by atoms with Gasteiger partial charge in [-0.2, -0.15) is 0 Å². The molecule has 1 fully saturated rings. The van der Waals surface area contributed by atoms with Crippen molar-refractivity contribution < 1.29 is 14.3 Å². The van der Waals surface area contributed by atoms with E-state index in [0.29, 0.717) is 11.7 Å². The molecule has 0 atom stereocenters. The van der Waals surface area contributed by atoms with Crippen molar-refractivity contribution in [1.82, 2.24) is 9.97 Å². The molecule has 6 heteroatoms. The molecule has 3 aromatic rings. The summed E-state index contributed by atoms with van der Waals surface area (Å²) in [4.78, 5) is 24.0. The Balaban J connectivity index is 1.81. The third-order valence-corrected chi connectivity index (χ3v) is 5.01. The number of benzene rings is 1. The van der Waals surface area contributed by atoms with Crippen molar-refractivity contribution >= 4 is 17.4 Å². The number of carbonyl (C=O) groups excluding carboxylic acids is 1. The lowest BCUT2D eigenvalue weighted by molar-refractivity contribution is -0.119. The molecule has 148 valence electrons. The predicted octanol–water partition coefficient (Wildman–Crippen LogP) is 4.54. The molecular formula is C23H23N3O3. The van der Waals surface area contributed by atoms with E-state index >= 15 is 0 Å². The Morgan fingerprint density at radius 1 is 1.03 bits per heavy atom. The molecule has 1 aliphatic rings. The highest BCUT2D eigenvalue weighted by Crippen LogP contribution is 2.38. The number of nitrogens with zero attached hydrogens (tertiary/aromatic N) is 3. The van der Waals surface area contributed by atoms with Gasteiger partial charge in [0.05, 0.1) is 31.2 Å². The van der Waals surface area contributed by atoms with Crippen LogP contribution in [0.3, 0.4) is 0 Å². The first-order chi connectivity index (χ1) is 14.1. The van der Waals surface area contributed by atoms with Crippen molar-refractivity contribution in [2.45, 2.75) is 19.8 Å². The largest absolute Gasteiger partial charge is 0.497 e. The number of hydrogen-bond acceptors (Lipinski definition) is 5. The van der Waals surface area contributed by atoms with E-state index in [1.807, 2.05) is 55.5 Å². The van der Waals surface area contributed by atoms with E-state index in [-0.39, 0.29) is 11.8 Å². The number of hydrogen-bond donors (Lipinski definition) is 0. The van der Waals surface area contributed by atoms with Gasteiger partial charge in [0.25, 0.3) is 0 Å². The van der Waals surface area contributed by atoms with Gasteiger partial charge < -0.3 is 9.47 Å². The van der Waals surface area contributed by atoms with Gasteiger partial charge in [-0.15, -0.1) is 0 Å². The molecule has 0 spiro atoms. The molecule has 1 aromatic carbocycles. The summed E-state index contributed by atoms with van der Waals surface area (Å²) in [6.07, 6.45) is 3.52. The minimum Gasteiger partial charge on any atom is -0.497 e. The normalized spacial score (nSPS) is 13.1. The fourth-order valence-corrected chi connectivity index (χ4v) is 3.27. The van der Waals surface area contributed by atoms with Gasteiger partial charge in [0.2, 0.25) is 11.8 Å². The van der Waals surface area contributed by atoms with Crippen molar-refractivity contribution in [1.29, 1.82) is 0 Å². The number of rotatable bonds is 6. The highest BCUT2D eigenvalue weighted by atomic mass is 16.5. The molecular weight excluding hydrogens is 366 g/mol. The molecule has 29 heavy (non-hydrogen) atoms. The van der Waals surface area contributed by atoms with Crippen LogP contribution in [0, 0.1) is 12.8 Å². The summed E-state index contributed by atoms with van der Waals surface area (Å²) < 4.78 is 10.7. The molecule has 2 heterocycles. The fraction of sp³-hybridized carbons (Fsp3) is 0.261. The molecule has 0 radical (unpaired) electrons. The third kappa shape index (κ3) is 3.78.